The average Bonchev–Trinajstić information content (AvgIpc) is 3.10. The smallest absolute Gasteiger partial charge is 0.410 e. The van der Waals surface area contributed by atoms with Crippen molar-refractivity contribution >= 4 is 15.3 Å². The van der Waals surface area contributed by atoms with Crippen LogP contribution >= 0.6 is 9.24 Å². The first-order chi connectivity index (χ1) is 11.3. The third-order valence-electron chi connectivity index (χ3n) is 3.27. The number of benzene rings is 1. The Hall–Kier alpha value is -2.65. The van der Waals surface area contributed by atoms with Crippen molar-refractivity contribution in [3.05, 3.63) is 61.1 Å². The van der Waals surface area contributed by atoms with Gasteiger partial charge in [0.2, 0.25) is 0 Å². The predicted molar refractivity (Wildman–Crippen MR) is 93.2 cm³/mol. The van der Waals surface area contributed by atoms with Gasteiger partial charge in [-0.3, -0.25) is 4.98 Å². The van der Waals surface area contributed by atoms with Gasteiger partial charge >= 0.3 is 6.09 Å². The van der Waals surface area contributed by atoms with Crippen molar-refractivity contribution in [2.75, 3.05) is 6.29 Å². The molecule has 0 radical (unpaired) electrons. The Labute approximate surface area is 136 Å². The lowest BCUT2D eigenvalue weighted by Gasteiger charge is -2.08. The molecule has 0 aliphatic rings. The van der Waals surface area contributed by atoms with Gasteiger partial charge in [0.15, 0.2) is 0 Å². The van der Waals surface area contributed by atoms with E-state index < -0.39 is 6.09 Å². The number of nitrogens with one attached hydrogen (secondary N) is 2. The fourth-order valence-electron chi connectivity index (χ4n) is 2.22. The molecule has 0 saturated heterocycles. The number of amides is 1. The van der Waals surface area contributed by atoms with Crippen LogP contribution in [0.3, 0.4) is 0 Å². The van der Waals surface area contributed by atoms with Crippen molar-refractivity contribution in [3.8, 4) is 28.1 Å². The second-order valence-electron chi connectivity index (χ2n) is 4.84. The lowest BCUT2D eigenvalue weighted by atomic mass is 10.0. The molecule has 0 aliphatic heterocycles. The van der Waals surface area contributed by atoms with Crippen LogP contribution in [0.15, 0.2) is 61.1 Å². The van der Waals surface area contributed by atoms with Crippen LogP contribution in [-0.4, -0.2) is 22.3 Å². The summed E-state index contributed by atoms with van der Waals surface area (Å²) in [5, 5.41) is 2.57. The summed E-state index contributed by atoms with van der Waals surface area (Å²) in [5.41, 5.74) is 3.89. The summed E-state index contributed by atoms with van der Waals surface area (Å²) in [5.74, 6) is 0.490. The third kappa shape index (κ3) is 3.76. The zero-order chi connectivity index (χ0) is 16.1. The van der Waals surface area contributed by atoms with E-state index >= 15 is 0 Å². The summed E-state index contributed by atoms with van der Waals surface area (Å²) >= 11 is 0. The Morgan fingerprint density at radius 1 is 1.13 bits per heavy atom. The van der Waals surface area contributed by atoms with Gasteiger partial charge in [0.25, 0.3) is 0 Å². The van der Waals surface area contributed by atoms with E-state index in [9.17, 15) is 4.79 Å². The lowest BCUT2D eigenvalue weighted by molar-refractivity contribution is 0.202. The largest absolute Gasteiger partial charge is 0.412 e. The van der Waals surface area contributed by atoms with Gasteiger partial charge in [0, 0.05) is 41.7 Å². The van der Waals surface area contributed by atoms with Gasteiger partial charge in [0.05, 0.1) is 0 Å². The number of rotatable bonds is 4. The van der Waals surface area contributed by atoms with E-state index in [4.69, 9.17) is 4.74 Å². The number of aromatic nitrogens is 2. The van der Waals surface area contributed by atoms with Gasteiger partial charge < -0.3 is 15.0 Å². The van der Waals surface area contributed by atoms with Crippen molar-refractivity contribution < 1.29 is 9.53 Å². The number of nitrogens with zero attached hydrogens (tertiary/aromatic N) is 1. The van der Waals surface area contributed by atoms with E-state index in [0.29, 0.717) is 12.0 Å². The van der Waals surface area contributed by atoms with Crippen LogP contribution in [0, 0.1) is 0 Å². The molecule has 1 atom stereocenters. The van der Waals surface area contributed by atoms with Crippen LogP contribution in [0.5, 0.6) is 5.75 Å². The normalized spacial score (nSPS) is 10.3. The highest BCUT2D eigenvalue weighted by atomic mass is 31.0. The minimum atomic E-state index is -0.476. The zero-order valence-electron chi connectivity index (χ0n) is 12.3. The highest BCUT2D eigenvalue weighted by molar-refractivity contribution is 7.16. The highest BCUT2D eigenvalue weighted by Gasteiger charge is 2.06. The number of carbonyl (C=O) groups is 1. The number of ether oxygens (including phenoxy) is 1. The van der Waals surface area contributed by atoms with E-state index in [1.807, 2.05) is 48.8 Å². The average molecular weight is 325 g/mol. The SMILES string of the molecule is O=C(NCP)Oc1cccc(-c2cncc(-c3ccc[nH]3)c2)c1. The van der Waals surface area contributed by atoms with Gasteiger partial charge in [-0.15, -0.1) is 9.24 Å². The van der Waals surface area contributed by atoms with E-state index in [2.05, 4.69) is 24.5 Å². The molecule has 0 aliphatic carbocycles. The van der Waals surface area contributed by atoms with Crippen LogP contribution in [0.2, 0.25) is 0 Å². The van der Waals surface area contributed by atoms with Crippen LogP contribution in [-0.2, 0) is 0 Å². The van der Waals surface area contributed by atoms with Crippen molar-refractivity contribution in [3.63, 3.8) is 0 Å². The molecule has 0 bridgehead atoms. The molecule has 2 N–H and O–H groups in total. The molecular weight excluding hydrogens is 309 g/mol. The van der Waals surface area contributed by atoms with Crippen molar-refractivity contribution in [1.29, 1.82) is 0 Å². The molecule has 116 valence electrons. The fraction of sp³-hybridized carbons (Fsp3) is 0.0588. The van der Waals surface area contributed by atoms with Crippen LogP contribution in [0.25, 0.3) is 22.4 Å². The standard InChI is InChI=1S/C17H16N3O2P/c21-17(20-11-23)22-15-4-1-3-12(8-15)13-7-14(10-18-9-13)16-5-2-6-19-16/h1-10,19H,11,23H2,(H,20,21). The summed E-state index contributed by atoms with van der Waals surface area (Å²) in [6, 6.07) is 13.3. The quantitative estimate of drug-likeness (QED) is 0.719. The molecule has 1 unspecified atom stereocenters. The third-order valence-corrected chi connectivity index (χ3v) is 3.48. The lowest BCUT2D eigenvalue weighted by Crippen LogP contribution is -2.25. The second-order valence-corrected chi connectivity index (χ2v) is 5.25. The Kier molecular flexibility index (Phi) is 4.69. The summed E-state index contributed by atoms with van der Waals surface area (Å²) in [7, 11) is 2.41. The summed E-state index contributed by atoms with van der Waals surface area (Å²) < 4.78 is 5.23. The van der Waals surface area contributed by atoms with Crippen molar-refractivity contribution in [2.45, 2.75) is 0 Å². The Morgan fingerprint density at radius 3 is 2.78 bits per heavy atom. The van der Waals surface area contributed by atoms with Crippen LogP contribution < -0.4 is 10.1 Å². The van der Waals surface area contributed by atoms with Crippen molar-refractivity contribution in [2.24, 2.45) is 0 Å². The first-order valence-electron chi connectivity index (χ1n) is 7.11. The molecule has 0 fully saturated rings. The van der Waals surface area contributed by atoms with Gasteiger partial charge in [-0.2, -0.15) is 0 Å². The van der Waals surface area contributed by atoms with Crippen LogP contribution in [0.4, 0.5) is 4.79 Å². The first kappa shape index (κ1) is 15.3. The highest BCUT2D eigenvalue weighted by Crippen LogP contribution is 2.27. The zero-order valence-corrected chi connectivity index (χ0v) is 13.5. The maximum absolute atomic E-state index is 11.5. The minimum absolute atomic E-state index is 0.445. The first-order valence-corrected chi connectivity index (χ1v) is 7.93. The van der Waals surface area contributed by atoms with E-state index in [1.54, 1.807) is 12.3 Å². The molecule has 1 amide bonds. The molecule has 0 spiro atoms. The maximum atomic E-state index is 11.5. The second kappa shape index (κ2) is 7.07. The Morgan fingerprint density at radius 2 is 2.00 bits per heavy atom. The number of H-pyrrole nitrogens is 1. The molecule has 2 aromatic heterocycles. The number of hydrogen-bond acceptors (Lipinski definition) is 3. The topological polar surface area (TPSA) is 67.0 Å². The van der Waals surface area contributed by atoms with E-state index in [0.717, 1.165) is 22.4 Å². The molecule has 2 heterocycles. The molecule has 3 rings (SSSR count). The van der Waals surface area contributed by atoms with Crippen molar-refractivity contribution in [1.82, 2.24) is 15.3 Å². The summed E-state index contributed by atoms with van der Waals surface area (Å²) in [6.07, 6.45) is 5.44. The minimum Gasteiger partial charge on any atom is -0.410 e. The number of carbonyl (C=O) groups excluding carboxylic acids is 1. The Bertz CT molecular complexity index is 803. The van der Waals surface area contributed by atoms with Gasteiger partial charge in [-0.25, -0.2) is 4.79 Å². The fourth-order valence-corrected chi connectivity index (χ4v) is 2.39. The molecular formula is C17H16N3O2P. The monoisotopic (exact) mass is 325 g/mol. The molecule has 3 aromatic rings. The van der Waals surface area contributed by atoms with E-state index in [-0.39, 0.29) is 0 Å². The molecule has 1 aromatic carbocycles. The number of pyridine rings is 1. The van der Waals surface area contributed by atoms with Crippen LogP contribution in [0.1, 0.15) is 0 Å². The molecule has 0 saturated carbocycles. The molecule has 23 heavy (non-hydrogen) atoms. The molecule has 6 heteroatoms. The maximum Gasteiger partial charge on any atom is 0.412 e. The Balaban J connectivity index is 1.87. The predicted octanol–water partition coefficient (Wildman–Crippen LogP) is 3.66. The molecule has 5 nitrogen and oxygen atoms in total. The summed E-state index contributed by atoms with van der Waals surface area (Å²) in [6.45, 7) is 0. The summed E-state index contributed by atoms with van der Waals surface area (Å²) in [4.78, 5) is 19.0. The van der Waals surface area contributed by atoms with Gasteiger partial charge in [-0.05, 0) is 35.9 Å². The number of aromatic amines is 1. The van der Waals surface area contributed by atoms with Gasteiger partial charge in [0.1, 0.15) is 5.75 Å². The van der Waals surface area contributed by atoms with Gasteiger partial charge in [-0.1, -0.05) is 12.1 Å². The van der Waals surface area contributed by atoms with E-state index in [1.165, 1.54) is 0 Å². The number of hydrogen-bond donors (Lipinski definition) is 2.